The molecular formula is C24H36N4O3. The predicted octanol–water partition coefficient (Wildman–Crippen LogP) is 3.99. The first-order valence-corrected chi connectivity index (χ1v) is 11.8. The molecule has 0 saturated carbocycles. The molecule has 2 saturated heterocycles. The molecule has 2 N–H and O–H groups in total. The second-order valence-electron chi connectivity index (χ2n) is 9.05. The van der Waals surface area contributed by atoms with Crippen molar-refractivity contribution in [2.75, 3.05) is 39.3 Å². The summed E-state index contributed by atoms with van der Waals surface area (Å²) in [6, 6.07) is 8.43. The SMILES string of the molecule is CC(C)N1CCC(Oc2ccc3[nH]c(OC(=O)NCCN4CCCCC4)cc3c2)CC1. The molecule has 7 nitrogen and oxygen atoms in total. The zero-order chi connectivity index (χ0) is 21.6. The van der Waals surface area contributed by atoms with Crippen LogP contribution >= 0.6 is 0 Å². The Balaban J connectivity index is 1.26. The first-order valence-electron chi connectivity index (χ1n) is 11.8. The molecule has 1 aromatic carbocycles. The highest BCUT2D eigenvalue weighted by atomic mass is 16.6. The van der Waals surface area contributed by atoms with E-state index in [1.54, 1.807) is 0 Å². The molecule has 170 valence electrons. The lowest BCUT2D eigenvalue weighted by molar-refractivity contribution is 0.0844. The molecule has 4 rings (SSSR count). The second-order valence-corrected chi connectivity index (χ2v) is 9.05. The fourth-order valence-corrected chi connectivity index (χ4v) is 4.55. The fraction of sp³-hybridized carbons (Fsp3) is 0.625. The van der Waals surface area contributed by atoms with Crippen molar-refractivity contribution < 1.29 is 14.3 Å². The third kappa shape index (κ3) is 6.14. The molecule has 3 heterocycles. The van der Waals surface area contributed by atoms with E-state index >= 15 is 0 Å². The Morgan fingerprint density at radius 1 is 1.13 bits per heavy atom. The van der Waals surface area contributed by atoms with E-state index in [4.69, 9.17) is 9.47 Å². The number of benzene rings is 1. The van der Waals surface area contributed by atoms with Crippen LogP contribution in [0.5, 0.6) is 11.6 Å². The van der Waals surface area contributed by atoms with Gasteiger partial charge in [-0.05, 0) is 70.8 Å². The van der Waals surface area contributed by atoms with E-state index in [1.165, 1.54) is 19.3 Å². The van der Waals surface area contributed by atoms with Gasteiger partial charge in [0.1, 0.15) is 11.9 Å². The number of hydrogen-bond acceptors (Lipinski definition) is 5. The van der Waals surface area contributed by atoms with Gasteiger partial charge in [-0.2, -0.15) is 0 Å². The van der Waals surface area contributed by atoms with Gasteiger partial charge in [0.15, 0.2) is 0 Å². The van der Waals surface area contributed by atoms with Gasteiger partial charge in [-0.1, -0.05) is 6.42 Å². The van der Waals surface area contributed by atoms with Gasteiger partial charge in [-0.15, -0.1) is 0 Å². The maximum absolute atomic E-state index is 12.1. The highest BCUT2D eigenvalue weighted by molar-refractivity contribution is 5.84. The third-order valence-electron chi connectivity index (χ3n) is 6.43. The minimum atomic E-state index is -0.419. The summed E-state index contributed by atoms with van der Waals surface area (Å²) in [4.78, 5) is 20.2. The topological polar surface area (TPSA) is 69.8 Å². The van der Waals surface area contributed by atoms with Crippen molar-refractivity contribution in [3.8, 4) is 11.6 Å². The lowest BCUT2D eigenvalue weighted by atomic mass is 10.1. The van der Waals surface area contributed by atoms with Gasteiger partial charge in [0.2, 0.25) is 5.88 Å². The molecule has 31 heavy (non-hydrogen) atoms. The Kier molecular flexibility index (Phi) is 7.35. The van der Waals surface area contributed by atoms with Crippen LogP contribution < -0.4 is 14.8 Å². The van der Waals surface area contributed by atoms with Crippen LogP contribution in [-0.4, -0.2) is 72.3 Å². The van der Waals surface area contributed by atoms with E-state index in [1.807, 2.05) is 24.3 Å². The van der Waals surface area contributed by atoms with Crippen LogP contribution in [0.15, 0.2) is 24.3 Å². The average Bonchev–Trinajstić information content (AvgIpc) is 3.16. The minimum absolute atomic E-state index is 0.257. The molecule has 1 aromatic heterocycles. The summed E-state index contributed by atoms with van der Waals surface area (Å²) < 4.78 is 11.7. The summed E-state index contributed by atoms with van der Waals surface area (Å²) in [5.41, 5.74) is 0.929. The number of likely N-dealkylation sites (tertiary alicyclic amines) is 2. The molecule has 1 amide bonds. The van der Waals surface area contributed by atoms with Crippen LogP contribution in [0.25, 0.3) is 10.9 Å². The van der Waals surface area contributed by atoms with E-state index in [0.29, 0.717) is 18.5 Å². The number of aromatic nitrogens is 1. The molecule has 2 fully saturated rings. The highest BCUT2D eigenvalue weighted by Crippen LogP contribution is 2.27. The molecule has 2 aliphatic rings. The standard InChI is InChI=1S/C24H36N4O3/c1-18(2)28-13-8-20(9-14-28)30-21-6-7-22-19(16-21)17-23(26-22)31-24(29)25-10-15-27-11-4-3-5-12-27/h6-7,16-18,20,26H,3-5,8-15H2,1-2H3,(H,25,29). The Morgan fingerprint density at radius 3 is 2.65 bits per heavy atom. The number of aromatic amines is 1. The van der Waals surface area contributed by atoms with Crippen LogP contribution in [0.1, 0.15) is 46.0 Å². The van der Waals surface area contributed by atoms with Gasteiger partial charge in [-0.3, -0.25) is 0 Å². The minimum Gasteiger partial charge on any atom is -0.490 e. The molecule has 0 spiro atoms. The number of amides is 1. The van der Waals surface area contributed by atoms with Gasteiger partial charge in [-0.25, -0.2) is 4.79 Å². The van der Waals surface area contributed by atoms with Crippen LogP contribution in [0, 0.1) is 0 Å². The number of rotatable bonds is 7. The van der Waals surface area contributed by atoms with Crippen molar-refractivity contribution in [3.63, 3.8) is 0 Å². The van der Waals surface area contributed by atoms with E-state index < -0.39 is 6.09 Å². The van der Waals surface area contributed by atoms with Crippen LogP contribution in [0.2, 0.25) is 0 Å². The smallest absolute Gasteiger partial charge is 0.413 e. The predicted molar refractivity (Wildman–Crippen MR) is 123 cm³/mol. The number of hydrogen-bond donors (Lipinski definition) is 2. The molecule has 0 aliphatic carbocycles. The van der Waals surface area contributed by atoms with Gasteiger partial charge in [0.05, 0.1) is 0 Å². The van der Waals surface area contributed by atoms with Crippen molar-refractivity contribution in [2.45, 2.75) is 58.1 Å². The van der Waals surface area contributed by atoms with Crippen LogP contribution in [0.4, 0.5) is 4.79 Å². The fourth-order valence-electron chi connectivity index (χ4n) is 4.55. The summed E-state index contributed by atoms with van der Waals surface area (Å²) >= 11 is 0. The maximum atomic E-state index is 12.1. The summed E-state index contributed by atoms with van der Waals surface area (Å²) in [6.07, 6.45) is 5.76. The number of H-pyrrole nitrogens is 1. The molecule has 0 atom stereocenters. The van der Waals surface area contributed by atoms with E-state index in [-0.39, 0.29) is 6.10 Å². The second kappa shape index (κ2) is 10.4. The largest absolute Gasteiger partial charge is 0.490 e. The molecule has 0 unspecified atom stereocenters. The quantitative estimate of drug-likeness (QED) is 0.698. The number of piperidine rings is 2. The number of ether oxygens (including phenoxy) is 2. The molecule has 2 aromatic rings. The molecule has 0 radical (unpaired) electrons. The van der Waals surface area contributed by atoms with Crippen molar-refractivity contribution in [1.29, 1.82) is 0 Å². The van der Waals surface area contributed by atoms with Gasteiger partial charge in [0, 0.05) is 49.2 Å². The Labute approximate surface area is 185 Å². The number of nitrogens with one attached hydrogen (secondary N) is 2. The van der Waals surface area contributed by atoms with Crippen molar-refractivity contribution in [1.82, 2.24) is 20.1 Å². The summed E-state index contributed by atoms with van der Waals surface area (Å²) in [6.45, 7) is 10.4. The Morgan fingerprint density at radius 2 is 1.90 bits per heavy atom. The summed E-state index contributed by atoms with van der Waals surface area (Å²) in [5, 5.41) is 3.83. The molecule has 2 aliphatic heterocycles. The zero-order valence-corrected chi connectivity index (χ0v) is 18.9. The van der Waals surface area contributed by atoms with Gasteiger partial charge < -0.3 is 29.6 Å². The lowest BCUT2D eigenvalue weighted by Crippen LogP contribution is -2.41. The maximum Gasteiger partial charge on any atom is 0.413 e. The molecule has 7 heteroatoms. The average molecular weight is 429 g/mol. The van der Waals surface area contributed by atoms with Crippen molar-refractivity contribution in [2.24, 2.45) is 0 Å². The van der Waals surface area contributed by atoms with Gasteiger partial charge >= 0.3 is 6.09 Å². The van der Waals surface area contributed by atoms with E-state index in [9.17, 15) is 4.79 Å². The number of carbonyl (C=O) groups is 1. The van der Waals surface area contributed by atoms with Crippen LogP contribution in [-0.2, 0) is 0 Å². The summed E-state index contributed by atoms with van der Waals surface area (Å²) in [7, 11) is 0. The van der Waals surface area contributed by atoms with Crippen molar-refractivity contribution in [3.05, 3.63) is 24.3 Å². The highest BCUT2D eigenvalue weighted by Gasteiger charge is 2.22. The number of fused-ring (bicyclic) bond motifs is 1. The lowest BCUT2D eigenvalue weighted by Gasteiger charge is -2.34. The molecule has 0 bridgehead atoms. The number of nitrogens with zero attached hydrogens (tertiary/aromatic N) is 2. The first-order chi connectivity index (χ1) is 15.1. The zero-order valence-electron chi connectivity index (χ0n) is 18.9. The molecular weight excluding hydrogens is 392 g/mol. The van der Waals surface area contributed by atoms with E-state index in [2.05, 4.69) is 33.9 Å². The normalized spacial score (nSPS) is 19.1. The van der Waals surface area contributed by atoms with Crippen molar-refractivity contribution >= 4 is 17.0 Å². The third-order valence-corrected chi connectivity index (χ3v) is 6.43. The first kappa shape index (κ1) is 22.0. The Bertz CT molecular complexity index is 852. The number of carbonyl (C=O) groups excluding carboxylic acids is 1. The Hall–Kier alpha value is -2.25. The monoisotopic (exact) mass is 428 g/mol. The summed E-state index contributed by atoms with van der Waals surface area (Å²) in [5.74, 6) is 1.32. The van der Waals surface area contributed by atoms with Crippen LogP contribution in [0.3, 0.4) is 0 Å². The van der Waals surface area contributed by atoms with Gasteiger partial charge in [0.25, 0.3) is 0 Å². The van der Waals surface area contributed by atoms with E-state index in [0.717, 1.165) is 62.2 Å².